The molecular formula is C21H31N3O3. The molecule has 1 saturated heterocycles. The highest BCUT2D eigenvalue weighted by molar-refractivity contribution is 5.79. The minimum atomic E-state index is -0.0364. The highest BCUT2D eigenvalue weighted by Gasteiger charge is 2.34. The second-order valence-electron chi connectivity index (χ2n) is 6.78. The third-order valence-electron chi connectivity index (χ3n) is 4.70. The third-order valence-corrected chi connectivity index (χ3v) is 4.70. The Morgan fingerprint density at radius 2 is 2.19 bits per heavy atom. The maximum atomic E-state index is 9.34. The van der Waals surface area contributed by atoms with Crippen LogP contribution in [0.5, 0.6) is 5.75 Å². The van der Waals surface area contributed by atoms with Crippen molar-refractivity contribution in [2.24, 2.45) is 10.4 Å². The number of benzene rings is 1. The van der Waals surface area contributed by atoms with Gasteiger partial charge in [-0.2, -0.15) is 0 Å². The average molecular weight is 373 g/mol. The summed E-state index contributed by atoms with van der Waals surface area (Å²) in [6.45, 7) is 6.16. The molecule has 0 saturated carbocycles. The van der Waals surface area contributed by atoms with Crippen molar-refractivity contribution in [3.8, 4) is 18.1 Å². The predicted octanol–water partition coefficient (Wildman–Crippen LogP) is 1.59. The number of aliphatic imine (C=N–C) groups is 1. The summed E-state index contributed by atoms with van der Waals surface area (Å²) in [6.07, 6.45) is 7.75. The van der Waals surface area contributed by atoms with Gasteiger partial charge in [-0.1, -0.05) is 18.1 Å². The van der Waals surface area contributed by atoms with Crippen molar-refractivity contribution in [1.82, 2.24) is 10.6 Å². The minimum Gasteiger partial charge on any atom is -0.481 e. The maximum Gasteiger partial charge on any atom is 0.191 e. The van der Waals surface area contributed by atoms with Crippen molar-refractivity contribution in [3.63, 3.8) is 0 Å². The Morgan fingerprint density at radius 1 is 1.37 bits per heavy atom. The first-order valence-electron chi connectivity index (χ1n) is 9.57. The van der Waals surface area contributed by atoms with Gasteiger partial charge in [-0.05, 0) is 43.9 Å². The number of guanidine groups is 1. The van der Waals surface area contributed by atoms with Crippen LogP contribution in [0, 0.1) is 17.8 Å². The van der Waals surface area contributed by atoms with Crippen LogP contribution in [-0.2, 0) is 11.2 Å². The van der Waals surface area contributed by atoms with Crippen LogP contribution in [0.25, 0.3) is 0 Å². The Morgan fingerprint density at radius 3 is 2.81 bits per heavy atom. The number of rotatable bonds is 10. The Labute approximate surface area is 162 Å². The first kappa shape index (κ1) is 21.1. The molecule has 0 spiro atoms. The monoisotopic (exact) mass is 373 g/mol. The van der Waals surface area contributed by atoms with E-state index in [-0.39, 0.29) is 18.6 Å². The van der Waals surface area contributed by atoms with Gasteiger partial charge in [0.25, 0.3) is 0 Å². The fraction of sp³-hybridized carbons (Fsp3) is 0.571. The van der Waals surface area contributed by atoms with Gasteiger partial charge in [-0.25, -0.2) is 0 Å². The van der Waals surface area contributed by atoms with Crippen LogP contribution in [0.15, 0.2) is 29.3 Å². The molecule has 1 aromatic carbocycles. The number of hydrogen-bond donors (Lipinski definition) is 3. The molecule has 1 atom stereocenters. The number of nitrogens with one attached hydrogen (secondary N) is 2. The second kappa shape index (κ2) is 11.5. The van der Waals surface area contributed by atoms with Crippen molar-refractivity contribution in [2.75, 3.05) is 46.1 Å². The van der Waals surface area contributed by atoms with Crippen LogP contribution < -0.4 is 15.4 Å². The Balaban J connectivity index is 1.84. The summed E-state index contributed by atoms with van der Waals surface area (Å²) in [7, 11) is 0. The molecule has 0 aromatic heterocycles. The van der Waals surface area contributed by atoms with Gasteiger partial charge in [-0.15, -0.1) is 6.42 Å². The lowest BCUT2D eigenvalue weighted by Gasteiger charge is -2.24. The highest BCUT2D eigenvalue weighted by atomic mass is 16.5. The average Bonchev–Trinajstić information content (AvgIpc) is 3.14. The molecule has 6 heteroatoms. The van der Waals surface area contributed by atoms with E-state index in [9.17, 15) is 5.11 Å². The summed E-state index contributed by atoms with van der Waals surface area (Å²) in [6, 6.07) is 7.96. The lowest BCUT2D eigenvalue weighted by molar-refractivity contribution is 0.131. The number of aliphatic hydroxyl groups excluding tert-OH is 1. The standard InChI is InChI=1S/C21H31N3O3/c1-3-14-27-19-7-5-18(6-8-19)9-12-23-20(22-4-2)24-16-21(10-13-25)11-15-26-17-21/h1,5-8,25H,4,9-17H2,2H3,(H2,22,23,24). The molecule has 1 fully saturated rings. The van der Waals surface area contributed by atoms with Crippen molar-refractivity contribution in [2.45, 2.75) is 26.2 Å². The fourth-order valence-corrected chi connectivity index (χ4v) is 3.08. The number of ether oxygens (including phenoxy) is 2. The summed E-state index contributed by atoms with van der Waals surface area (Å²) < 4.78 is 10.9. The molecule has 0 radical (unpaired) electrons. The van der Waals surface area contributed by atoms with E-state index >= 15 is 0 Å². The first-order chi connectivity index (χ1) is 13.2. The van der Waals surface area contributed by atoms with Gasteiger partial charge in [0.15, 0.2) is 5.96 Å². The Kier molecular flexibility index (Phi) is 8.96. The molecule has 1 aliphatic heterocycles. The third kappa shape index (κ3) is 7.12. The molecule has 148 valence electrons. The van der Waals surface area contributed by atoms with Gasteiger partial charge in [0.2, 0.25) is 0 Å². The van der Waals surface area contributed by atoms with Crippen molar-refractivity contribution in [1.29, 1.82) is 0 Å². The van der Waals surface area contributed by atoms with E-state index < -0.39 is 0 Å². The number of terminal acetylenes is 1. The van der Waals surface area contributed by atoms with E-state index in [1.807, 2.05) is 31.2 Å². The zero-order valence-electron chi connectivity index (χ0n) is 16.2. The zero-order valence-corrected chi connectivity index (χ0v) is 16.2. The van der Waals surface area contributed by atoms with Gasteiger partial charge in [0.1, 0.15) is 12.4 Å². The Bertz CT molecular complexity index is 617. The molecule has 0 aliphatic carbocycles. The van der Waals surface area contributed by atoms with Gasteiger partial charge in [0, 0.05) is 31.7 Å². The van der Waals surface area contributed by atoms with Crippen LogP contribution in [0.2, 0.25) is 0 Å². The predicted molar refractivity (Wildman–Crippen MR) is 108 cm³/mol. The summed E-state index contributed by atoms with van der Waals surface area (Å²) in [5.41, 5.74) is 1.18. The smallest absolute Gasteiger partial charge is 0.191 e. The topological polar surface area (TPSA) is 75.1 Å². The van der Waals surface area contributed by atoms with E-state index in [4.69, 9.17) is 20.9 Å². The number of aliphatic hydroxyl groups is 1. The zero-order chi connectivity index (χ0) is 19.4. The van der Waals surface area contributed by atoms with Crippen LogP contribution >= 0.6 is 0 Å². The van der Waals surface area contributed by atoms with Crippen LogP contribution in [-0.4, -0.2) is 57.1 Å². The van der Waals surface area contributed by atoms with E-state index in [1.54, 1.807) is 0 Å². The van der Waals surface area contributed by atoms with Gasteiger partial charge >= 0.3 is 0 Å². The molecule has 1 aliphatic rings. The molecule has 1 heterocycles. The van der Waals surface area contributed by atoms with Crippen molar-refractivity contribution in [3.05, 3.63) is 29.8 Å². The van der Waals surface area contributed by atoms with Crippen LogP contribution in [0.3, 0.4) is 0 Å². The minimum absolute atomic E-state index is 0.0364. The van der Waals surface area contributed by atoms with Gasteiger partial charge in [0.05, 0.1) is 13.2 Å². The van der Waals surface area contributed by atoms with Gasteiger partial charge < -0.3 is 25.2 Å². The van der Waals surface area contributed by atoms with E-state index in [2.05, 4.69) is 16.6 Å². The van der Waals surface area contributed by atoms with Crippen molar-refractivity contribution < 1.29 is 14.6 Å². The van der Waals surface area contributed by atoms with Gasteiger partial charge in [-0.3, -0.25) is 4.99 Å². The summed E-state index contributed by atoms with van der Waals surface area (Å²) in [5, 5.41) is 16.0. The lowest BCUT2D eigenvalue weighted by atomic mass is 9.84. The Hall–Kier alpha value is -2.23. The molecule has 1 unspecified atom stereocenters. The fourth-order valence-electron chi connectivity index (χ4n) is 3.08. The SMILES string of the molecule is C#CCOc1ccc(CCNC(=NCC2(CCO)CCOC2)NCC)cc1. The van der Waals surface area contributed by atoms with E-state index in [1.165, 1.54) is 5.56 Å². The van der Waals surface area contributed by atoms with Crippen molar-refractivity contribution >= 4 is 5.96 Å². The highest BCUT2D eigenvalue weighted by Crippen LogP contribution is 2.32. The van der Waals surface area contributed by atoms with E-state index in [0.29, 0.717) is 13.2 Å². The molecule has 3 N–H and O–H groups in total. The van der Waals surface area contributed by atoms with Crippen LogP contribution in [0.1, 0.15) is 25.3 Å². The molecular weight excluding hydrogens is 342 g/mol. The molecule has 6 nitrogen and oxygen atoms in total. The summed E-state index contributed by atoms with van der Waals surface area (Å²) >= 11 is 0. The largest absolute Gasteiger partial charge is 0.481 e. The normalized spacial score (nSPS) is 19.5. The van der Waals surface area contributed by atoms with Crippen LogP contribution in [0.4, 0.5) is 0 Å². The second-order valence-corrected chi connectivity index (χ2v) is 6.78. The molecule has 2 rings (SSSR count). The quantitative estimate of drug-likeness (QED) is 0.330. The molecule has 27 heavy (non-hydrogen) atoms. The molecule has 1 aromatic rings. The maximum absolute atomic E-state index is 9.34. The number of hydrogen-bond acceptors (Lipinski definition) is 4. The number of nitrogens with zero attached hydrogens (tertiary/aromatic N) is 1. The molecule has 0 bridgehead atoms. The van der Waals surface area contributed by atoms with E-state index in [0.717, 1.165) is 50.7 Å². The molecule has 0 amide bonds. The summed E-state index contributed by atoms with van der Waals surface area (Å²) in [4.78, 5) is 4.73. The summed E-state index contributed by atoms with van der Waals surface area (Å²) in [5.74, 6) is 4.04. The first-order valence-corrected chi connectivity index (χ1v) is 9.57. The lowest BCUT2D eigenvalue weighted by Crippen LogP contribution is -2.39.